The van der Waals surface area contributed by atoms with Crippen LogP contribution in [0.5, 0.6) is 0 Å². The second-order valence-electron chi connectivity index (χ2n) is 5.00. The van der Waals surface area contributed by atoms with Crippen LogP contribution in [0.3, 0.4) is 0 Å². The molecule has 0 atom stereocenters. The third kappa shape index (κ3) is 1.45. The van der Waals surface area contributed by atoms with E-state index in [2.05, 4.69) is 5.32 Å². The standard InChI is InChI=1S/C16H13FN2O/c17-16-9(4-5-13-10(16)6-7-19-13)11-8-20-14-3-1-2-12(18)15(11)14/h1-5,8,19H,6-7,18H2. The first-order valence-electron chi connectivity index (χ1n) is 6.57. The minimum absolute atomic E-state index is 0.182. The van der Waals surface area contributed by atoms with Gasteiger partial charge in [0.25, 0.3) is 0 Å². The van der Waals surface area contributed by atoms with Crippen molar-refractivity contribution in [3.05, 3.63) is 48.0 Å². The number of anilines is 2. The normalized spacial score (nSPS) is 13.4. The number of hydrogen-bond donors (Lipinski definition) is 2. The molecule has 0 spiro atoms. The van der Waals surface area contributed by atoms with E-state index < -0.39 is 0 Å². The molecule has 3 aromatic rings. The maximum atomic E-state index is 14.7. The van der Waals surface area contributed by atoms with E-state index in [0.29, 0.717) is 28.8 Å². The average molecular weight is 268 g/mol. The smallest absolute Gasteiger partial charge is 0.136 e. The molecule has 4 heteroatoms. The van der Waals surface area contributed by atoms with Crippen molar-refractivity contribution in [3.8, 4) is 11.1 Å². The fourth-order valence-electron chi connectivity index (χ4n) is 2.88. The Morgan fingerprint density at radius 3 is 2.95 bits per heavy atom. The van der Waals surface area contributed by atoms with E-state index in [-0.39, 0.29) is 5.82 Å². The lowest BCUT2D eigenvalue weighted by atomic mass is 9.99. The van der Waals surface area contributed by atoms with Crippen molar-refractivity contribution in [3.63, 3.8) is 0 Å². The van der Waals surface area contributed by atoms with Gasteiger partial charge >= 0.3 is 0 Å². The summed E-state index contributed by atoms with van der Waals surface area (Å²) in [6.45, 7) is 0.782. The van der Waals surface area contributed by atoms with E-state index in [0.717, 1.165) is 23.2 Å². The van der Waals surface area contributed by atoms with Crippen LogP contribution in [0.1, 0.15) is 5.56 Å². The van der Waals surface area contributed by atoms with Crippen LogP contribution in [0.2, 0.25) is 0 Å². The Morgan fingerprint density at radius 1 is 1.15 bits per heavy atom. The van der Waals surface area contributed by atoms with Gasteiger partial charge in [0, 0.05) is 34.6 Å². The molecule has 20 heavy (non-hydrogen) atoms. The molecule has 0 saturated carbocycles. The van der Waals surface area contributed by atoms with E-state index in [9.17, 15) is 4.39 Å². The molecule has 0 bridgehead atoms. The molecule has 2 aromatic carbocycles. The predicted octanol–water partition coefficient (Wildman–Crippen LogP) is 3.79. The topological polar surface area (TPSA) is 51.2 Å². The van der Waals surface area contributed by atoms with Crippen LogP contribution in [0, 0.1) is 5.82 Å². The highest BCUT2D eigenvalue weighted by Gasteiger charge is 2.21. The lowest BCUT2D eigenvalue weighted by Crippen LogP contribution is -1.92. The van der Waals surface area contributed by atoms with Crippen LogP contribution in [-0.2, 0) is 6.42 Å². The molecule has 1 aliphatic heterocycles. The SMILES string of the molecule is Nc1cccc2occ(-c3ccc4c(c3F)CCN4)c12. The molecular formula is C16H13FN2O. The second kappa shape index (κ2) is 4.00. The van der Waals surface area contributed by atoms with E-state index in [1.54, 1.807) is 18.4 Å². The average Bonchev–Trinajstić information content (AvgIpc) is 3.06. The van der Waals surface area contributed by atoms with Crippen molar-refractivity contribution in [2.75, 3.05) is 17.6 Å². The molecule has 0 saturated heterocycles. The zero-order valence-corrected chi connectivity index (χ0v) is 10.7. The van der Waals surface area contributed by atoms with Crippen LogP contribution in [-0.4, -0.2) is 6.54 Å². The van der Waals surface area contributed by atoms with Gasteiger partial charge in [-0.05, 0) is 30.7 Å². The maximum absolute atomic E-state index is 14.7. The Balaban J connectivity index is 2.01. The minimum atomic E-state index is -0.182. The Bertz CT molecular complexity index is 823. The van der Waals surface area contributed by atoms with Crippen LogP contribution < -0.4 is 11.1 Å². The predicted molar refractivity (Wildman–Crippen MR) is 78.2 cm³/mol. The second-order valence-corrected chi connectivity index (χ2v) is 5.00. The van der Waals surface area contributed by atoms with Crippen molar-refractivity contribution in [2.24, 2.45) is 0 Å². The summed E-state index contributed by atoms with van der Waals surface area (Å²) in [5.41, 5.74) is 10.2. The highest BCUT2D eigenvalue weighted by Crippen LogP contribution is 2.38. The van der Waals surface area contributed by atoms with Gasteiger partial charge in [-0.15, -0.1) is 0 Å². The molecule has 0 radical (unpaired) electrons. The number of benzene rings is 2. The van der Waals surface area contributed by atoms with Gasteiger partial charge in [-0.2, -0.15) is 0 Å². The van der Waals surface area contributed by atoms with Crippen molar-refractivity contribution in [1.29, 1.82) is 0 Å². The lowest BCUT2D eigenvalue weighted by Gasteiger charge is -2.07. The number of fused-ring (bicyclic) bond motifs is 2. The number of furan rings is 1. The molecule has 1 aliphatic rings. The summed E-state index contributed by atoms with van der Waals surface area (Å²) >= 11 is 0. The number of nitrogens with one attached hydrogen (secondary N) is 1. The molecule has 100 valence electrons. The van der Waals surface area contributed by atoms with Gasteiger partial charge in [-0.25, -0.2) is 4.39 Å². The van der Waals surface area contributed by atoms with Crippen LogP contribution >= 0.6 is 0 Å². The summed E-state index contributed by atoms with van der Waals surface area (Å²) in [6.07, 6.45) is 2.29. The Hall–Kier alpha value is -2.49. The van der Waals surface area contributed by atoms with Gasteiger partial charge in [0.15, 0.2) is 0 Å². The van der Waals surface area contributed by atoms with Crippen molar-refractivity contribution in [2.45, 2.75) is 6.42 Å². The first-order valence-corrected chi connectivity index (χ1v) is 6.57. The summed E-state index contributed by atoms with van der Waals surface area (Å²) in [5, 5.41) is 3.95. The molecule has 2 heterocycles. The van der Waals surface area contributed by atoms with E-state index in [4.69, 9.17) is 10.2 Å². The Labute approximate surface area is 115 Å². The largest absolute Gasteiger partial charge is 0.464 e. The first-order chi connectivity index (χ1) is 9.75. The third-order valence-corrected chi connectivity index (χ3v) is 3.86. The zero-order chi connectivity index (χ0) is 13.7. The Morgan fingerprint density at radius 2 is 2.05 bits per heavy atom. The molecule has 0 amide bonds. The summed E-state index contributed by atoms with van der Waals surface area (Å²) in [6, 6.07) is 9.16. The summed E-state index contributed by atoms with van der Waals surface area (Å²) in [5.74, 6) is -0.182. The molecule has 3 N–H and O–H groups in total. The van der Waals surface area contributed by atoms with Crippen molar-refractivity contribution in [1.82, 2.24) is 0 Å². The maximum Gasteiger partial charge on any atom is 0.136 e. The highest BCUT2D eigenvalue weighted by molar-refractivity contribution is 6.02. The van der Waals surface area contributed by atoms with Crippen molar-refractivity contribution < 1.29 is 8.81 Å². The number of hydrogen-bond acceptors (Lipinski definition) is 3. The van der Waals surface area contributed by atoms with Crippen molar-refractivity contribution >= 4 is 22.3 Å². The van der Waals surface area contributed by atoms with Gasteiger partial charge < -0.3 is 15.5 Å². The summed E-state index contributed by atoms with van der Waals surface area (Å²) in [7, 11) is 0. The Kier molecular flexibility index (Phi) is 2.27. The minimum Gasteiger partial charge on any atom is -0.464 e. The van der Waals surface area contributed by atoms with Gasteiger partial charge in [0.1, 0.15) is 11.4 Å². The van der Waals surface area contributed by atoms with Crippen LogP contribution in [0.15, 0.2) is 41.0 Å². The fourth-order valence-corrected chi connectivity index (χ4v) is 2.88. The highest BCUT2D eigenvalue weighted by atomic mass is 19.1. The van der Waals surface area contributed by atoms with E-state index >= 15 is 0 Å². The number of rotatable bonds is 1. The van der Waals surface area contributed by atoms with Crippen LogP contribution in [0.25, 0.3) is 22.1 Å². The fraction of sp³-hybridized carbons (Fsp3) is 0.125. The molecule has 0 aliphatic carbocycles. The molecule has 0 unspecified atom stereocenters. The third-order valence-electron chi connectivity index (χ3n) is 3.86. The number of nitrogens with two attached hydrogens (primary N) is 1. The number of halogens is 1. The van der Waals surface area contributed by atoms with E-state index in [1.165, 1.54) is 0 Å². The van der Waals surface area contributed by atoms with Gasteiger partial charge in [-0.3, -0.25) is 0 Å². The molecule has 0 fully saturated rings. The molecule has 3 nitrogen and oxygen atoms in total. The molecular weight excluding hydrogens is 255 g/mol. The summed E-state index contributed by atoms with van der Waals surface area (Å²) in [4.78, 5) is 0. The summed E-state index contributed by atoms with van der Waals surface area (Å²) < 4.78 is 20.2. The molecule has 4 rings (SSSR count). The van der Waals surface area contributed by atoms with Crippen LogP contribution in [0.4, 0.5) is 15.8 Å². The van der Waals surface area contributed by atoms with Gasteiger partial charge in [-0.1, -0.05) is 6.07 Å². The zero-order valence-electron chi connectivity index (χ0n) is 10.7. The monoisotopic (exact) mass is 268 g/mol. The van der Waals surface area contributed by atoms with Gasteiger partial charge in [0.05, 0.1) is 11.6 Å². The molecule has 1 aromatic heterocycles. The lowest BCUT2D eigenvalue weighted by molar-refractivity contribution is 0.609. The van der Waals surface area contributed by atoms with E-state index in [1.807, 2.05) is 18.2 Å². The quantitative estimate of drug-likeness (QED) is 0.660. The van der Waals surface area contributed by atoms with Gasteiger partial charge in [0.2, 0.25) is 0 Å². The first kappa shape index (κ1) is 11.3. The number of nitrogen functional groups attached to an aromatic ring is 1.